The lowest BCUT2D eigenvalue weighted by molar-refractivity contribution is 0.0515. The number of fused-ring (bicyclic) bond motifs is 2. The summed E-state index contributed by atoms with van der Waals surface area (Å²) in [4.78, 5) is 13.4. The van der Waals surface area contributed by atoms with Gasteiger partial charge in [-0.15, -0.1) is 0 Å². The summed E-state index contributed by atoms with van der Waals surface area (Å²) >= 11 is 0. The number of benzene rings is 4. The van der Waals surface area contributed by atoms with Gasteiger partial charge in [-0.3, -0.25) is 0 Å². The van der Waals surface area contributed by atoms with Crippen LogP contribution in [-0.2, 0) is 11.3 Å². The van der Waals surface area contributed by atoms with E-state index in [1.807, 2.05) is 43.3 Å². The van der Waals surface area contributed by atoms with Crippen molar-refractivity contribution >= 4 is 27.6 Å². The zero-order valence-corrected chi connectivity index (χ0v) is 21.1. The number of nitrogens with zero attached hydrogens (tertiary/aromatic N) is 1. The quantitative estimate of drug-likeness (QED) is 0.170. The Morgan fingerprint density at radius 2 is 1.56 bits per heavy atom. The van der Waals surface area contributed by atoms with Gasteiger partial charge in [0.25, 0.3) is 0 Å². The fraction of sp³-hybridized carbons (Fsp3) is 0.219. The number of hydrogen-bond acceptors (Lipinski definition) is 3. The van der Waals surface area contributed by atoms with Crippen LogP contribution < -0.4 is 4.74 Å². The minimum atomic E-state index is -0.292. The number of para-hydroxylation sites is 1. The maximum absolute atomic E-state index is 13.4. The smallest absolute Gasteiger partial charge is 0.355 e. The normalized spacial score (nSPS) is 11.2. The Bertz CT molecular complexity index is 1540. The Morgan fingerprint density at radius 3 is 2.39 bits per heavy atom. The van der Waals surface area contributed by atoms with Gasteiger partial charge in [0.15, 0.2) is 0 Å². The van der Waals surface area contributed by atoms with Crippen LogP contribution in [0.15, 0.2) is 84.9 Å². The van der Waals surface area contributed by atoms with Crippen molar-refractivity contribution in [2.75, 3.05) is 13.2 Å². The Labute approximate surface area is 212 Å². The molecule has 0 radical (unpaired) electrons. The van der Waals surface area contributed by atoms with Gasteiger partial charge in [0.2, 0.25) is 0 Å². The van der Waals surface area contributed by atoms with Gasteiger partial charge in [0, 0.05) is 28.4 Å². The van der Waals surface area contributed by atoms with E-state index in [1.165, 1.54) is 11.1 Å². The maximum Gasteiger partial charge on any atom is 0.355 e. The van der Waals surface area contributed by atoms with Crippen LogP contribution >= 0.6 is 0 Å². The molecule has 4 heteroatoms. The van der Waals surface area contributed by atoms with Crippen LogP contribution in [0.25, 0.3) is 32.8 Å². The number of aromatic nitrogens is 1. The molecule has 5 rings (SSSR count). The Morgan fingerprint density at radius 1 is 0.833 bits per heavy atom. The van der Waals surface area contributed by atoms with Gasteiger partial charge in [-0.05, 0) is 61.4 Å². The molecule has 0 saturated carbocycles. The summed E-state index contributed by atoms with van der Waals surface area (Å²) in [6.07, 6.45) is 0.751. The van der Waals surface area contributed by atoms with Gasteiger partial charge in [-0.25, -0.2) is 4.79 Å². The highest BCUT2D eigenvalue weighted by molar-refractivity contribution is 6.09. The summed E-state index contributed by atoms with van der Waals surface area (Å²) in [5, 5.41) is 3.33. The van der Waals surface area contributed by atoms with Crippen molar-refractivity contribution in [3.63, 3.8) is 0 Å². The highest BCUT2D eigenvalue weighted by Crippen LogP contribution is 2.38. The van der Waals surface area contributed by atoms with Gasteiger partial charge in [-0.2, -0.15) is 0 Å². The molecule has 36 heavy (non-hydrogen) atoms. The molecule has 0 atom stereocenters. The lowest BCUT2D eigenvalue weighted by atomic mass is 9.95. The summed E-state index contributed by atoms with van der Waals surface area (Å²) < 4.78 is 13.9. The predicted molar refractivity (Wildman–Crippen MR) is 147 cm³/mol. The second-order valence-electron chi connectivity index (χ2n) is 9.04. The second-order valence-corrected chi connectivity index (χ2v) is 9.04. The molecule has 0 aliphatic rings. The van der Waals surface area contributed by atoms with Crippen molar-refractivity contribution < 1.29 is 14.3 Å². The van der Waals surface area contributed by atoms with E-state index >= 15 is 0 Å². The molecule has 0 aliphatic heterocycles. The molecule has 1 aromatic heterocycles. The Hall–Kier alpha value is -4.05. The number of hydrogen-bond donors (Lipinski definition) is 0. The van der Waals surface area contributed by atoms with E-state index in [4.69, 9.17) is 9.47 Å². The minimum Gasteiger partial charge on any atom is -0.493 e. The van der Waals surface area contributed by atoms with Gasteiger partial charge < -0.3 is 14.0 Å². The van der Waals surface area contributed by atoms with E-state index < -0.39 is 0 Å². The highest BCUT2D eigenvalue weighted by atomic mass is 16.5. The van der Waals surface area contributed by atoms with Crippen molar-refractivity contribution in [2.24, 2.45) is 0 Å². The van der Waals surface area contributed by atoms with Crippen LogP contribution in [0.4, 0.5) is 0 Å². The first-order valence-corrected chi connectivity index (χ1v) is 12.6. The molecule has 0 bridgehead atoms. The Balaban J connectivity index is 1.51. The zero-order chi connectivity index (χ0) is 25.1. The van der Waals surface area contributed by atoms with Crippen molar-refractivity contribution in [3.8, 4) is 16.9 Å². The predicted octanol–water partition coefficient (Wildman–Crippen LogP) is 7.72. The molecule has 0 saturated heterocycles. The van der Waals surface area contributed by atoms with Crippen LogP contribution in [0, 0.1) is 13.8 Å². The first kappa shape index (κ1) is 23.7. The molecule has 0 amide bonds. The highest BCUT2D eigenvalue weighted by Gasteiger charge is 2.25. The fourth-order valence-corrected chi connectivity index (χ4v) is 4.97. The third kappa shape index (κ3) is 4.35. The minimum absolute atomic E-state index is 0.292. The summed E-state index contributed by atoms with van der Waals surface area (Å²) in [5.41, 5.74) is 6.02. The van der Waals surface area contributed by atoms with E-state index in [0.717, 1.165) is 45.0 Å². The largest absolute Gasteiger partial charge is 0.493 e. The molecule has 0 fully saturated rings. The molecule has 0 unspecified atom stereocenters. The number of esters is 1. The fourth-order valence-electron chi connectivity index (χ4n) is 4.97. The van der Waals surface area contributed by atoms with Crippen molar-refractivity contribution in [3.05, 3.63) is 102 Å². The third-order valence-corrected chi connectivity index (χ3v) is 6.85. The average Bonchev–Trinajstić information content (AvgIpc) is 3.22. The number of carbonyl (C=O) groups excluding carboxylic acids is 1. The lowest BCUT2D eigenvalue weighted by Gasteiger charge is -2.14. The van der Waals surface area contributed by atoms with Crippen LogP contribution in [0.1, 0.15) is 35.0 Å². The van der Waals surface area contributed by atoms with Crippen molar-refractivity contribution in [1.29, 1.82) is 0 Å². The average molecular weight is 478 g/mol. The van der Waals surface area contributed by atoms with Crippen LogP contribution in [0.2, 0.25) is 0 Å². The van der Waals surface area contributed by atoms with Crippen LogP contribution in [0.5, 0.6) is 5.75 Å². The first-order chi connectivity index (χ1) is 17.6. The third-order valence-electron chi connectivity index (χ3n) is 6.85. The molecular formula is C32H31NO3. The molecule has 0 aliphatic carbocycles. The number of rotatable bonds is 8. The maximum atomic E-state index is 13.4. The topological polar surface area (TPSA) is 40.5 Å². The van der Waals surface area contributed by atoms with Crippen LogP contribution in [0.3, 0.4) is 0 Å². The molecule has 182 valence electrons. The molecule has 4 nitrogen and oxygen atoms in total. The molecule has 5 aromatic rings. The first-order valence-electron chi connectivity index (χ1n) is 12.6. The van der Waals surface area contributed by atoms with E-state index in [-0.39, 0.29) is 5.97 Å². The standard InChI is InChI=1S/C32H31NO3/c1-4-35-32(34)31-30(25-17-9-12-22(2)23(25)3)27-16-7-8-18-28(27)33(31)20-11-21-36-29-19-10-14-24-13-5-6-15-26(24)29/h5-10,12-19H,4,11,20-21H2,1-3H3. The molecule has 0 spiro atoms. The molecule has 1 heterocycles. The number of carbonyl (C=O) groups is 1. The van der Waals surface area contributed by atoms with Gasteiger partial charge in [0.1, 0.15) is 11.4 Å². The van der Waals surface area contributed by atoms with Gasteiger partial charge in [0.05, 0.1) is 13.2 Å². The molecular weight excluding hydrogens is 446 g/mol. The summed E-state index contributed by atoms with van der Waals surface area (Å²) in [6.45, 7) is 7.58. The molecule has 0 N–H and O–H groups in total. The van der Waals surface area contributed by atoms with E-state index in [2.05, 4.69) is 66.9 Å². The second kappa shape index (κ2) is 10.3. The summed E-state index contributed by atoms with van der Waals surface area (Å²) in [7, 11) is 0. The van der Waals surface area contributed by atoms with Gasteiger partial charge in [-0.1, -0.05) is 72.8 Å². The SMILES string of the molecule is CCOC(=O)c1c(-c2cccc(C)c2C)c2ccccc2n1CCCOc1cccc2ccccc12. The monoisotopic (exact) mass is 477 g/mol. The van der Waals surface area contributed by atoms with E-state index in [9.17, 15) is 4.79 Å². The van der Waals surface area contributed by atoms with E-state index in [0.29, 0.717) is 25.5 Å². The number of ether oxygens (including phenoxy) is 2. The van der Waals surface area contributed by atoms with Crippen molar-refractivity contribution in [2.45, 2.75) is 33.7 Å². The van der Waals surface area contributed by atoms with Gasteiger partial charge >= 0.3 is 5.97 Å². The zero-order valence-electron chi connectivity index (χ0n) is 21.1. The number of aryl methyl sites for hydroxylation is 2. The van der Waals surface area contributed by atoms with E-state index in [1.54, 1.807) is 0 Å². The molecule has 4 aromatic carbocycles. The van der Waals surface area contributed by atoms with Crippen LogP contribution in [-0.4, -0.2) is 23.8 Å². The summed E-state index contributed by atoms with van der Waals surface area (Å²) in [6, 6.07) is 28.8. The lowest BCUT2D eigenvalue weighted by Crippen LogP contribution is -2.15. The Kier molecular flexibility index (Phi) is 6.77. The summed E-state index contributed by atoms with van der Waals surface area (Å²) in [5.74, 6) is 0.590. The van der Waals surface area contributed by atoms with Crippen molar-refractivity contribution in [1.82, 2.24) is 4.57 Å².